The fourth-order valence-electron chi connectivity index (χ4n) is 6.81. The molecule has 0 aromatic heterocycles. The summed E-state index contributed by atoms with van der Waals surface area (Å²) >= 11 is 0. The van der Waals surface area contributed by atoms with Crippen molar-refractivity contribution in [3.05, 3.63) is 108 Å². The maximum atomic E-state index is 14.7. The smallest absolute Gasteiger partial charge is 0.357 e. The van der Waals surface area contributed by atoms with Crippen LogP contribution in [0, 0.1) is 5.92 Å². The Morgan fingerprint density at radius 1 is 0.860 bits per heavy atom. The minimum absolute atomic E-state index is 0.0499. The normalized spacial score (nSPS) is 19.8. The van der Waals surface area contributed by atoms with E-state index in [4.69, 9.17) is 4.84 Å². The van der Waals surface area contributed by atoms with Crippen LogP contribution in [-0.2, 0) is 24.0 Å². The fraction of sp³-hybridized carbons (Fsp3) is 0.410. The second-order valence-corrected chi connectivity index (χ2v) is 13.6. The third kappa shape index (κ3) is 8.22. The van der Waals surface area contributed by atoms with Gasteiger partial charge in [-0.2, -0.15) is 0 Å². The van der Waals surface area contributed by atoms with E-state index in [1.54, 1.807) is 42.2 Å². The largest absolute Gasteiger partial charge is 0.363 e. The van der Waals surface area contributed by atoms with Gasteiger partial charge in [-0.05, 0) is 55.4 Å². The Kier molecular flexibility index (Phi) is 11.7. The van der Waals surface area contributed by atoms with Crippen molar-refractivity contribution < 1.29 is 28.8 Å². The van der Waals surface area contributed by atoms with Crippen LogP contribution in [0.15, 0.2) is 91.0 Å². The van der Waals surface area contributed by atoms with Crippen LogP contribution in [0.4, 0.5) is 0 Å². The first kappa shape index (κ1) is 36.3. The highest BCUT2D eigenvalue weighted by Crippen LogP contribution is 2.37. The number of nitrogens with one attached hydrogen (secondary N) is 2. The number of carbonyl (C=O) groups is 5. The van der Waals surface area contributed by atoms with Crippen molar-refractivity contribution in [2.45, 2.75) is 70.1 Å². The number of fused-ring (bicyclic) bond motifs is 1. The predicted octanol–water partition coefficient (Wildman–Crippen LogP) is 4.11. The standard InChI is InChI=1S/C39H47N5O6/c1-27(2)25-33(45)40-32-26-43(35(46)28(3)42(4)50-37(48)31-19-12-7-13-20-31)24-22-39(21-14-23-44(39)36(32)47)38(49)41-34(29-15-8-5-9-16-29)30-17-10-6-11-18-30/h5-13,15-20,27-28,32,34H,14,21-26H2,1-4H3,(H,40,45)(H,41,49)/t28-,32+,39+/m0/s1. The van der Waals surface area contributed by atoms with Crippen molar-refractivity contribution in [2.75, 3.05) is 26.7 Å². The fourth-order valence-corrected chi connectivity index (χ4v) is 6.81. The van der Waals surface area contributed by atoms with E-state index in [-0.39, 0.29) is 43.7 Å². The molecule has 2 fully saturated rings. The molecule has 3 aromatic carbocycles. The summed E-state index contributed by atoms with van der Waals surface area (Å²) in [6.45, 7) is 5.84. The van der Waals surface area contributed by atoms with Crippen LogP contribution in [0.25, 0.3) is 0 Å². The van der Waals surface area contributed by atoms with E-state index in [1.165, 1.54) is 17.0 Å². The summed E-state index contributed by atoms with van der Waals surface area (Å²) < 4.78 is 0. The number of nitrogens with zero attached hydrogens (tertiary/aromatic N) is 3. The van der Waals surface area contributed by atoms with E-state index in [1.807, 2.05) is 74.5 Å². The van der Waals surface area contributed by atoms with Crippen LogP contribution < -0.4 is 10.6 Å². The van der Waals surface area contributed by atoms with Crippen LogP contribution >= 0.6 is 0 Å². The number of amides is 4. The lowest BCUT2D eigenvalue weighted by Gasteiger charge is -2.44. The second kappa shape index (κ2) is 16.1. The van der Waals surface area contributed by atoms with E-state index in [9.17, 15) is 24.0 Å². The maximum absolute atomic E-state index is 14.7. The second-order valence-electron chi connectivity index (χ2n) is 13.6. The minimum atomic E-state index is -1.26. The highest BCUT2D eigenvalue weighted by atomic mass is 16.7. The monoisotopic (exact) mass is 681 g/mol. The molecule has 0 spiro atoms. The van der Waals surface area contributed by atoms with Crippen molar-refractivity contribution >= 4 is 29.6 Å². The highest BCUT2D eigenvalue weighted by Gasteiger charge is 2.53. The number of hydrogen-bond donors (Lipinski definition) is 2. The Labute approximate surface area is 293 Å². The van der Waals surface area contributed by atoms with Crippen LogP contribution in [-0.4, -0.2) is 88.8 Å². The average Bonchev–Trinajstić information content (AvgIpc) is 3.55. The van der Waals surface area contributed by atoms with Gasteiger partial charge in [-0.15, -0.1) is 5.06 Å². The molecule has 2 aliphatic heterocycles. The number of benzene rings is 3. The molecule has 2 N–H and O–H groups in total. The molecule has 2 aliphatic rings. The molecule has 4 amide bonds. The first-order valence-electron chi connectivity index (χ1n) is 17.3. The Bertz CT molecular complexity index is 1610. The molecule has 0 radical (unpaired) electrons. The summed E-state index contributed by atoms with van der Waals surface area (Å²) in [5, 5.41) is 7.34. The number of hydroxylamine groups is 2. The van der Waals surface area contributed by atoms with Gasteiger partial charge in [-0.3, -0.25) is 19.2 Å². The van der Waals surface area contributed by atoms with Crippen LogP contribution in [0.2, 0.25) is 0 Å². The number of rotatable bonds is 11. The van der Waals surface area contributed by atoms with E-state index in [2.05, 4.69) is 10.6 Å². The Hall–Kier alpha value is -5.03. The molecule has 0 bridgehead atoms. The molecule has 50 heavy (non-hydrogen) atoms. The summed E-state index contributed by atoms with van der Waals surface area (Å²) in [5.74, 6) is -2.00. The van der Waals surface area contributed by atoms with Crippen LogP contribution in [0.3, 0.4) is 0 Å². The molecule has 2 saturated heterocycles. The van der Waals surface area contributed by atoms with Gasteiger partial charge in [0.1, 0.15) is 17.6 Å². The summed E-state index contributed by atoms with van der Waals surface area (Å²) in [6.07, 6.45) is 1.39. The lowest BCUT2D eigenvalue weighted by atomic mass is 9.87. The van der Waals surface area contributed by atoms with E-state index in [0.717, 1.165) is 11.1 Å². The number of carbonyl (C=O) groups excluding carboxylic acids is 5. The van der Waals surface area contributed by atoms with Crippen molar-refractivity contribution in [1.82, 2.24) is 25.5 Å². The van der Waals surface area contributed by atoms with Gasteiger partial charge in [0.2, 0.25) is 23.6 Å². The van der Waals surface area contributed by atoms with Gasteiger partial charge in [0.25, 0.3) is 0 Å². The summed E-state index contributed by atoms with van der Waals surface area (Å²) in [6, 6.07) is 25.3. The molecule has 3 aromatic rings. The lowest BCUT2D eigenvalue weighted by Crippen LogP contribution is -2.66. The molecular weight excluding hydrogens is 634 g/mol. The topological polar surface area (TPSA) is 128 Å². The van der Waals surface area contributed by atoms with Gasteiger partial charge < -0.3 is 25.3 Å². The quantitative estimate of drug-likeness (QED) is 0.292. The zero-order chi connectivity index (χ0) is 35.8. The molecule has 2 heterocycles. The van der Waals surface area contributed by atoms with Gasteiger partial charge in [-0.1, -0.05) is 92.7 Å². The average molecular weight is 682 g/mol. The van der Waals surface area contributed by atoms with E-state index >= 15 is 0 Å². The summed E-state index contributed by atoms with van der Waals surface area (Å²) in [4.78, 5) is 77.7. The first-order valence-corrected chi connectivity index (χ1v) is 17.3. The molecule has 0 saturated carbocycles. The van der Waals surface area contributed by atoms with Crippen molar-refractivity contribution in [2.24, 2.45) is 5.92 Å². The van der Waals surface area contributed by atoms with Crippen LogP contribution in [0.1, 0.15) is 74.0 Å². The zero-order valence-corrected chi connectivity index (χ0v) is 29.2. The summed E-state index contributed by atoms with van der Waals surface area (Å²) in [7, 11) is 1.50. The molecule has 3 atom stereocenters. The zero-order valence-electron chi connectivity index (χ0n) is 29.2. The third-order valence-corrected chi connectivity index (χ3v) is 9.59. The van der Waals surface area contributed by atoms with Crippen LogP contribution in [0.5, 0.6) is 0 Å². The molecule has 0 unspecified atom stereocenters. The molecule has 11 heteroatoms. The first-order chi connectivity index (χ1) is 24.0. The Morgan fingerprint density at radius 2 is 1.44 bits per heavy atom. The van der Waals surface area contributed by atoms with E-state index < -0.39 is 41.4 Å². The highest BCUT2D eigenvalue weighted by molar-refractivity contribution is 5.96. The third-order valence-electron chi connectivity index (χ3n) is 9.59. The van der Waals surface area contributed by atoms with Crippen molar-refractivity contribution in [1.29, 1.82) is 0 Å². The molecule has 0 aliphatic carbocycles. The molecule has 5 rings (SSSR count). The number of likely N-dealkylation sites (N-methyl/N-ethyl adjacent to an activating group) is 1. The van der Waals surface area contributed by atoms with Gasteiger partial charge >= 0.3 is 5.97 Å². The predicted molar refractivity (Wildman–Crippen MR) is 188 cm³/mol. The van der Waals surface area contributed by atoms with Crippen molar-refractivity contribution in [3.63, 3.8) is 0 Å². The lowest BCUT2D eigenvalue weighted by molar-refractivity contribution is -0.161. The maximum Gasteiger partial charge on any atom is 0.357 e. The molecular formula is C39H47N5O6. The van der Waals surface area contributed by atoms with E-state index in [0.29, 0.717) is 24.9 Å². The van der Waals surface area contributed by atoms with Gasteiger partial charge in [0, 0.05) is 33.1 Å². The Balaban J connectivity index is 1.44. The Morgan fingerprint density at radius 3 is 2.02 bits per heavy atom. The van der Waals surface area contributed by atoms with Crippen molar-refractivity contribution in [3.8, 4) is 0 Å². The SMILES string of the molecule is CC(C)CC(=O)N[C@@H]1CN(C(=O)[C@H](C)N(C)OC(=O)c2ccccc2)CC[C@@]2(C(=O)NC(c3ccccc3)c3ccccc3)CCCN2C1=O. The van der Waals surface area contributed by atoms with Gasteiger partial charge in [0.05, 0.1) is 11.6 Å². The minimum Gasteiger partial charge on any atom is -0.363 e. The summed E-state index contributed by atoms with van der Waals surface area (Å²) in [5.41, 5.74) is 0.862. The molecule has 11 nitrogen and oxygen atoms in total. The number of hydrogen-bond acceptors (Lipinski definition) is 7. The van der Waals surface area contributed by atoms with Gasteiger partial charge in [0.15, 0.2) is 0 Å². The van der Waals surface area contributed by atoms with Gasteiger partial charge in [-0.25, -0.2) is 4.79 Å². The molecule has 264 valence electrons.